The van der Waals surface area contributed by atoms with Gasteiger partial charge in [0.2, 0.25) is 0 Å². The highest BCUT2D eigenvalue weighted by Gasteiger charge is 2.07. The summed E-state index contributed by atoms with van der Waals surface area (Å²) in [4.78, 5) is 0. The number of hydrogen-bond acceptors (Lipinski definition) is 3. The second-order valence-electron chi connectivity index (χ2n) is 6.51. The summed E-state index contributed by atoms with van der Waals surface area (Å²) in [5.41, 5.74) is 3.62. The molecule has 0 aromatic heterocycles. The molecule has 0 heterocycles. The molecule has 0 aliphatic carbocycles. The van der Waals surface area contributed by atoms with Crippen LogP contribution in [0.15, 0.2) is 42.5 Å². The van der Waals surface area contributed by atoms with Crippen molar-refractivity contribution in [3.8, 4) is 11.5 Å². The third-order valence-electron chi connectivity index (χ3n) is 3.70. The van der Waals surface area contributed by atoms with Crippen LogP contribution in [0, 0.1) is 12.8 Å². The molecule has 0 unspecified atom stereocenters. The van der Waals surface area contributed by atoms with Gasteiger partial charge in [-0.2, -0.15) is 0 Å². The molecule has 0 bridgehead atoms. The Balaban J connectivity index is 2.01. The number of ether oxygens (including phenoxy) is 2. The molecule has 2 aromatic carbocycles. The van der Waals surface area contributed by atoms with E-state index in [9.17, 15) is 0 Å². The number of nitrogens with one attached hydrogen (secondary N) is 1. The Labute approximate surface area is 146 Å². The van der Waals surface area contributed by atoms with E-state index in [1.165, 1.54) is 11.1 Å². The van der Waals surface area contributed by atoms with Gasteiger partial charge in [0.1, 0.15) is 6.61 Å². The van der Waals surface area contributed by atoms with Gasteiger partial charge in [0.25, 0.3) is 0 Å². The minimum Gasteiger partial charge on any atom is -0.490 e. The summed E-state index contributed by atoms with van der Waals surface area (Å²) in [6, 6.07) is 14.6. The molecule has 3 heteroatoms. The summed E-state index contributed by atoms with van der Waals surface area (Å²) in [5, 5.41) is 3.46. The smallest absolute Gasteiger partial charge is 0.161 e. The summed E-state index contributed by atoms with van der Waals surface area (Å²) >= 11 is 0. The Hall–Kier alpha value is -2.00. The van der Waals surface area contributed by atoms with Gasteiger partial charge in [-0.1, -0.05) is 49.7 Å². The van der Waals surface area contributed by atoms with Crippen molar-refractivity contribution in [2.24, 2.45) is 5.92 Å². The molecule has 0 saturated carbocycles. The lowest BCUT2D eigenvalue weighted by Gasteiger charge is -2.14. The van der Waals surface area contributed by atoms with Crippen LogP contribution in [0.3, 0.4) is 0 Å². The normalized spacial score (nSPS) is 10.9. The van der Waals surface area contributed by atoms with Gasteiger partial charge < -0.3 is 14.8 Å². The van der Waals surface area contributed by atoms with Crippen LogP contribution in [0.2, 0.25) is 0 Å². The summed E-state index contributed by atoms with van der Waals surface area (Å²) < 4.78 is 11.7. The van der Waals surface area contributed by atoms with E-state index in [0.717, 1.165) is 30.2 Å². The zero-order chi connectivity index (χ0) is 17.4. The zero-order valence-electron chi connectivity index (χ0n) is 15.3. The molecular weight excluding hydrogens is 298 g/mol. The van der Waals surface area contributed by atoms with Gasteiger partial charge in [0.05, 0.1) is 6.61 Å². The van der Waals surface area contributed by atoms with Gasteiger partial charge in [-0.3, -0.25) is 0 Å². The Morgan fingerprint density at radius 3 is 2.29 bits per heavy atom. The van der Waals surface area contributed by atoms with Crippen molar-refractivity contribution in [2.75, 3.05) is 13.2 Å². The minimum atomic E-state index is 0.547. The van der Waals surface area contributed by atoms with Gasteiger partial charge in [0.15, 0.2) is 11.5 Å². The van der Waals surface area contributed by atoms with Crippen LogP contribution in [-0.2, 0) is 13.2 Å². The molecule has 0 amide bonds. The zero-order valence-corrected chi connectivity index (χ0v) is 15.3. The molecule has 3 nitrogen and oxygen atoms in total. The van der Waals surface area contributed by atoms with E-state index >= 15 is 0 Å². The van der Waals surface area contributed by atoms with Gasteiger partial charge in [-0.05, 0) is 49.6 Å². The third kappa shape index (κ3) is 5.89. The van der Waals surface area contributed by atoms with Crippen molar-refractivity contribution < 1.29 is 9.47 Å². The van der Waals surface area contributed by atoms with Gasteiger partial charge in [0, 0.05) is 6.54 Å². The Kier molecular flexibility index (Phi) is 7.13. The van der Waals surface area contributed by atoms with Gasteiger partial charge in [-0.25, -0.2) is 0 Å². The molecule has 0 spiro atoms. The molecule has 24 heavy (non-hydrogen) atoms. The van der Waals surface area contributed by atoms with Gasteiger partial charge in [-0.15, -0.1) is 0 Å². The van der Waals surface area contributed by atoms with E-state index in [1.807, 2.05) is 13.0 Å². The van der Waals surface area contributed by atoms with Crippen molar-refractivity contribution in [3.05, 3.63) is 59.2 Å². The lowest BCUT2D eigenvalue weighted by molar-refractivity contribution is 0.269. The third-order valence-corrected chi connectivity index (χ3v) is 3.70. The van der Waals surface area contributed by atoms with Crippen LogP contribution < -0.4 is 14.8 Å². The highest BCUT2D eigenvalue weighted by Crippen LogP contribution is 2.29. The molecular formula is C21H29NO2. The van der Waals surface area contributed by atoms with E-state index < -0.39 is 0 Å². The van der Waals surface area contributed by atoms with E-state index in [1.54, 1.807) is 0 Å². The topological polar surface area (TPSA) is 30.5 Å². The fourth-order valence-electron chi connectivity index (χ4n) is 2.40. The molecule has 0 radical (unpaired) electrons. The van der Waals surface area contributed by atoms with E-state index in [0.29, 0.717) is 19.1 Å². The first kappa shape index (κ1) is 18.3. The lowest BCUT2D eigenvalue weighted by atomic mass is 10.1. The van der Waals surface area contributed by atoms with Crippen LogP contribution in [0.1, 0.15) is 37.5 Å². The fourth-order valence-corrected chi connectivity index (χ4v) is 2.40. The molecule has 0 aliphatic rings. The quantitative estimate of drug-likeness (QED) is 0.723. The molecule has 0 fully saturated rings. The predicted molar refractivity (Wildman–Crippen MR) is 99.7 cm³/mol. The first-order chi connectivity index (χ1) is 11.6. The average Bonchev–Trinajstić information content (AvgIpc) is 2.55. The maximum atomic E-state index is 5.97. The number of benzene rings is 2. The van der Waals surface area contributed by atoms with Crippen LogP contribution in [0.25, 0.3) is 0 Å². The summed E-state index contributed by atoms with van der Waals surface area (Å²) in [5.74, 6) is 2.26. The average molecular weight is 327 g/mol. The van der Waals surface area contributed by atoms with E-state index in [2.05, 4.69) is 62.5 Å². The van der Waals surface area contributed by atoms with E-state index in [4.69, 9.17) is 9.47 Å². The summed E-state index contributed by atoms with van der Waals surface area (Å²) in [7, 11) is 0. The van der Waals surface area contributed by atoms with Crippen LogP contribution >= 0.6 is 0 Å². The molecule has 0 saturated heterocycles. The largest absolute Gasteiger partial charge is 0.490 e. The maximum absolute atomic E-state index is 5.97. The molecule has 130 valence electrons. The monoisotopic (exact) mass is 327 g/mol. The molecule has 0 aliphatic heterocycles. The highest BCUT2D eigenvalue weighted by atomic mass is 16.5. The predicted octanol–water partition coefficient (Wildman–Crippen LogP) is 4.72. The van der Waals surface area contributed by atoms with Crippen molar-refractivity contribution in [1.29, 1.82) is 0 Å². The number of rotatable bonds is 9. The molecule has 1 N–H and O–H groups in total. The van der Waals surface area contributed by atoms with Crippen molar-refractivity contribution in [2.45, 2.75) is 40.8 Å². The minimum absolute atomic E-state index is 0.547. The van der Waals surface area contributed by atoms with Crippen LogP contribution in [0.5, 0.6) is 11.5 Å². The Morgan fingerprint density at radius 1 is 0.917 bits per heavy atom. The number of hydrogen-bond donors (Lipinski definition) is 1. The Bertz CT molecular complexity index is 620. The second kappa shape index (κ2) is 9.33. The van der Waals surface area contributed by atoms with Crippen molar-refractivity contribution in [3.63, 3.8) is 0 Å². The maximum Gasteiger partial charge on any atom is 0.161 e. The lowest BCUT2D eigenvalue weighted by Crippen LogP contribution is -2.19. The summed E-state index contributed by atoms with van der Waals surface area (Å²) in [6.45, 7) is 11.5. The molecule has 2 rings (SSSR count). The molecule has 2 aromatic rings. The van der Waals surface area contributed by atoms with Gasteiger partial charge >= 0.3 is 0 Å². The summed E-state index contributed by atoms with van der Waals surface area (Å²) in [6.07, 6.45) is 0. The number of aryl methyl sites for hydroxylation is 1. The van der Waals surface area contributed by atoms with E-state index in [-0.39, 0.29) is 0 Å². The molecule has 0 atom stereocenters. The van der Waals surface area contributed by atoms with Crippen LogP contribution in [-0.4, -0.2) is 13.2 Å². The first-order valence-corrected chi connectivity index (χ1v) is 8.73. The standard InChI is InChI=1S/C21H29NO2/c1-5-23-21-12-19(14-22-13-16(2)3)10-11-20(21)24-15-18-8-6-17(4)7-9-18/h6-12,16,22H,5,13-15H2,1-4H3. The van der Waals surface area contributed by atoms with Crippen molar-refractivity contribution >= 4 is 0 Å². The second-order valence-corrected chi connectivity index (χ2v) is 6.51. The first-order valence-electron chi connectivity index (χ1n) is 8.73. The van der Waals surface area contributed by atoms with Crippen LogP contribution in [0.4, 0.5) is 0 Å². The fraction of sp³-hybridized carbons (Fsp3) is 0.429. The Morgan fingerprint density at radius 2 is 1.62 bits per heavy atom. The SMILES string of the molecule is CCOc1cc(CNCC(C)C)ccc1OCc1ccc(C)cc1. The van der Waals surface area contributed by atoms with Crippen molar-refractivity contribution in [1.82, 2.24) is 5.32 Å². The highest BCUT2D eigenvalue weighted by molar-refractivity contribution is 5.43.